The lowest BCUT2D eigenvalue weighted by Gasteiger charge is -2.49. The van der Waals surface area contributed by atoms with Crippen molar-refractivity contribution in [3.8, 4) is 0 Å². The molecule has 4 rings (SSSR count). The van der Waals surface area contributed by atoms with Gasteiger partial charge in [-0.05, 0) is 12.5 Å². The zero-order chi connectivity index (χ0) is 23.5. The van der Waals surface area contributed by atoms with Crippen molar-refractivity contribution in [1.29, 1.82) is 0 Å². The van der Waals surface area contributed by atoms with Crippen molar-refractivity contribution >= 4 is 70.1 Å². The second kappa shape index (κ2) is 10.4. The molecule has 1 fully saturated rings. The number of ether oxygens (including phenoxy) is 1. The fourth-order valence-corrected chi connectivity index (χ4v) is 7.20. The van der Waals surface area contributed by atoms with E-state index in [-0.39, 0.29) is 17.2 Å². The lowest BCUT2D eigenvalue weighted by molar-refractivity contribution is -0.150. The van der Waals surface area contributed by atoms with E-state index in [0.29, 0.717) is 23.7 Å². The quantitative estimate of drug-likeness (QED) is 0.218. The molecule has 176 valence electrons. The van der Waals surface area contributed by atoms with Gasteiger partial charge in [0.2, 0.25) is 5.71 Å². The molecule has 4 heterocycles. The number of carbonyl (C=O) groups is 3. The third-order valence-corrected chi connectivity index (χ3v) is 8.87. The van der Waals surface area contributed by atoms with E-state index in [9.17, 15) is 19.5 Å². The largest absolute Gasteiger partial charge is 0.490 e. The van der Waals surface area contributed by atoms with Crippen LogP contribution in [0.5, 0.6) is 0 Å². The molecule has 33 heavy (non-hydrogen) atoms. The lowest BCUT2D eigenvalue weighted by Crippen LogP contribution is -2.71. The number of β-lactam (4-membered cyclic amide) rings is 1. The van der Waals surface area contributed by atoms with Crippen LogP contribution in [0.25, 0.3) is 0 Å². The van der Waals surface area contributed by atoms with Crippen molar-refractivity contribution in [2.75, 3.05) is 31.0 Å². The number of aryl methyl sites for hydroxylation is 1. The van der Waals surface area contributed by atoms with Gasteiger partial charge in [0.25, 0.3) is 11.8 Å². The van der Waals surface area contributed by atoms with E-state index in [1.807, 2.05) is 6.92 Å². The first kappa shape index (κ1) is 23.9. The molecule has 1 saturated heterocycles. The van der Waals surface area contributed by atoms with Crippen LogP contribution in [0, 0.1) is 6.92 Å². The molecule has 0 saturated carbocycles. The van der Waals surface area contributed by atoms with E-state index in [2.05, 4.69) is 20.7 Å². The van der Waals surface area contributed by atoms with Gasteiger partial charge >= 0.3 is 5.97 Å². The first-order valence-corrected chi connectivity index (χ1v) is 13.5. The molecule has 0 bridgehead atoms. The number of fused-ring (bicyclic) bond motifs is 1. The molecule has 0 radical (unpaired) electrons. The number of thioether (sulfide) groups is 3. The Labute approximate surface area is 205 Å². The second-order valence-electron chi connectivity index (χ2n) is 6.82. The summed E-state index contributed by atoms with van der Waals surface area (Å²) in [4.78, 5) is 43.7. The predicted octanol–water partition coefficient (Wildman–Crippen LogP) is 1.28. The summed E-state index contributed by atoms with van der Waals surface area (Å²) in [5.74, 6) is -0.481. The van der Waals surface area contributed by atoms with E-state index in [0.717, 1.165) is 15.1 Å². The van der Waals surface area contributed by atoms with Gasteiger partial charge in [0.15, 0.2) is 10.1 Å². The van der Waals surface area contributed by atoms with Crippen molar-refractivity contribution in [2.45, 2.75) is 22.7 Å². The summed E-state index contributed by atoms with van der Waals surface area (Å²) >= 11 is 5.69. The highest BCUT2D eigenvalue weighted by Crippen LogP contribution is 2.41. The smallest absolute Gasteiger partial charge is 0.352 e. The molecular formula is C18H19N5O6S4. The molecule has 1 aromatic rings. The topological polar surface area (TPSA) is 143 Å². The number of hydrogen-bond acceptors (Lipinski definition) is 12. The van der Waals surface area contributed by atoms with Crippen molar-refractivity contribution < 1.29 is 29.1 Å². The summed E-state index contributed by atoms with van der Waals surface area (Å²) in [7, 11) is 1.31. The van der Waals surface area contributed by atoms with E-state index in [4.69, 9.17) is 9.57 Å². The minimum atomic E-state index is -1.18. The monoisotopic (exact) mass is 529 g/mol. The van der Waals surface area contributed by atoms with Crippen molar-refractivity contribution in [2.24, 2.45) is 5.16 Å². The Hall–Kier alpha value is -2.23. The van der Waals surface area contributed by atoms with Crippen LogP contribution in [0.4, 0.5) is 0 Å². The van der Waals surface area contributed by atoms with Crippen LogP contribution in [-0.2, 0) is 24.0 Å². The predicted molar refractivity (Wildman–Crippen MR) is 126 cm³/mol. The Morgan fingerprint density at radius 1 is 1.45 bits per heavy atom. The van der Waals surface area contributed by atoms with Crippen LogP contribution < -0.4 is 5.32 Å². The van der Waals surface area contributed by atoms with Crippen molar-refractivity contribution in [1.82, 2.24) is 20.4 Å². The maximum atomic E-state index is 12.9. The summed E-state index contributed by atoms with van der Waals surface area (Å²) in [6.45, 7) is 2.27. The van der Waals surface area contributed by atoms with Crippen LogP contribution >= 0.6 is 46.6 Å². The number of rotatable bonds is 8. The Bertz CT molecular complexity index is 1070. The molecule has 0 aromatic carbocycles. The maximum absolute atomic E-state index is 12.9. The van der Waals surface area contributed by atoms with Gasteiger partial charge in [-0.2, -0.15) is 0 Å². The number of carboxylic acid groups (broad SMARTS) is 1. The van der Waals surface area contributed by atoms with Gasteiger partial charge in [-0.25, -0.2) is 4.79 Å². The van der Waals surface area contributed by atoms with Gasteiger partial charge in [0, 0.05) is 22.7 Å². The van der Waals surface area contributed by atoms with Crippen LogP contribution in [0.2, 0.25) is 0 Å². The van der Waals surface area contributed by atoms with Gasteiger partial charge in [0.1, 0.15) is 29.2 Å². The molecule has 0 spiro atoms. The maximum Gasteiger partial charge on any atom is 0.352 e. The van der Waals surface area contributed by atoms with E-state index in [1.54, 1.807) is 5.41 Å². The first-order chi connectivity index (χ1) is 15.9. The highest BCUT2D eigenvalue weighted by molar-refractivity contribution is 8.02. The Morgan fingerprint density at radius 3 is 2.91 bits per heavy atom. The third-order valence-electron chi connectivity index (χ3n) is 4.69. The molecule has 1 aromatic heterocycles. The van der Waals surface area contributed by atoms with Crippen molar-refractivity contribution in [3.63, 3.8) is 0 Å². The normalized spacial score (nSPS) is 22.7. The Morgan fingerprint density at radius 2 is 2.27 bits per heavy atom. The fraction of sp³-hybridized carbons (Fsp3) is 0.444. The number of aromatic nitrogens is 2. The van der Waals surface area contributed by atoms with Crippen molar-refractivity contribution in [3.05, 3.63) is 27.4 Å². The number of oxime groups is 1. The summed E-state index contributed by atoms with van der Waals surface area (Å²) in [5.41, 5.74) is 0.512. The molecular weight excluding hydrogens is 510 g/mol. The summed E-state index contributed by atoms with van der Waals surface area (Å²) in [6.07, 6.45) is 0. The number of aliphatic carboxylic acids is 1. The minimum Gasteiger partial charge on any atom is -0.490 e. The van der Waals surface area contributed by atoms with Crippen LogP contribution in [0.15, 0.2) is 31.9 Å². The zero-order valence-corrected chi connectivity index (χ0v) is 20.7. The van der Waals surface area contributed by atoms with Gasteiger partial charge in [-0.1, -0.05) is 28.3 Å². The van der Waals surface area contributed by atoms with Crippen LogP contribution in [-0.4, -0.2) is 86.1 Å². The fourth-order valence-electron chi connectivity index (χ4n) is 3.27. The Balaban J connectivity index is 1.47. The number of nitrogens with zero attached hydrogens (tertiary/aromatic N) is 4. The lowest BCUT2D eigenvalue weighted by atomic mass is 10.0. The van der Waals surface area contributed by atoms with Gasteiger partial charge in [-0.15, -0.1) is 33.7 Å². The zero-order valence-electron chi connectivity index (χ0n) is 17.5. The SMILES string of the molecule is CON=C(C(=O)NC1C(=O)N2C(C(=O)O)=C(CSc3nnc(C)s3)CS[C@@H]12)C1=CSCCO1. The summed E-state index contributed by atoms with van der Waals surface area (Å²) < 4.78 is 6.22. The number of carboxylic acids is 1. The summed E-state index contributed by atoms with van der Waals surface area (Å²) in [5, 5.41) is 26.2. The number of carbonyl (C=O) groups excluding carboxylic acids is 2. The molecule has 3 aliphatic rings. The van der Waals surface area contributed by atoms with Gasteiger partial charge in [0.05, 0.1) is 6.61 Å². The number of hydrogen-bond donors (Lipinski definition) is 2. The van der Waals surface area contributed by atoms with E-state index in [1.165, 1.54) is 58.6 Å². The van der Waals surface area contributed by atoms with Crippen LogP contribution in [0.1, 0.15) is 5.01 Å². The van der Waals surface area contributed by atoms with Crippen LogP contribution in [0.3, 0.4) is 0 Å². The molecule has 11 nitrogen and oxygen atoms in total. The second-order valence-corrected chi connectivity index (χ2v) is 11.3. The molecule has 2 N–H and O–H groups in total. The van der Waals surface area contributed by atoms with Gasteiger partial charge < -0.3 is 20.0 Å². The average Bonchev–Trinajstić information content (AvgIpc) is 3.24. The Kier molecular flexibility index (Phi) is 7.51. The van der Waals surface area contributed by atoms with E-state index < -0.39 is 29.2 Å². The number of nitrogens with one attached hydrogen (secondary N) is 1. The molecule has 0 aliphatic carbocycles. The standard InChI is InChI=1S/C18H19N5O6S4/c1-8-20-21-18(33-8)32-6-9-5-31-16-12(15(25)23(16)13(9)17(26)27)19-14(24)11(22-28-2)10-7-30-4-3-29-10/h7,12,16H,3-6H2,1-2H3,(H,19,24)(H,26,27)/t12?,16-/m0/s1. The molecule has 2 amide bonds. The van der Waals surface area contributed by atoms with Gasteiger partial charge in [-0.3, -0.25) is 14.5 Å². The first-order valence-electron chi connectivity index (χ1n) is 9.60. The van der Waals surface area contributed by atoms with E-state index >= 15 is 0 Å². The molecule has 3 aliphatic heterocycles. The molecule has 15 heteroatoms. The highest BCUT2D eigenvalue weighted by atomic mass is 32.2. The minimum absolute atomic E-state index is 0.0384. The molecule has 1 unspecified atom stereocenters. The highest BCUT2D eigenvalue weighted by Gasteiger charge is 2.54. The average molecular weight is 530 g/mol. The number of amides is 2. The molecule has 2 atom stereocenters. The summed E-state index contributed by atoms with van der Waals surface area (Å²) in [6, 6.07) is -0.879. The third kappa shape index (κ3) is 5.00.